The minimum absolute atomic E-state index is 0.0201. The minimum atomic E-state index is -3.98. The Bertz CT molecular complexity index is 1420. The first-order chi connectivity index (χ1) is 16.8. The molecule has 35 heavy (non-hydrogen) atoms. The van der Waals surface area contributed by atoms with Crippen LogP contribution in [0.25, 0.3) is 11.1 Å². The van der Waals surface area contributed by atoms with Gasteiger partial charge in [-0.25, -0.2) is 13.2 Å². The molecular weight excluding hydrogens is 502 g/mol. The highest BCUT2D eigenvalue weighted by molar-refractivity contribution is 7.99. The zero-order chi connectivity index (χ0) is 24.8. The normalized spacial score (nSPS) is 11.2. The number of halogens is 1. The summed E-state index contributed by atoms with van der Waals surface area (Å²) in [5.74, 6) is -0.431. The van der Waals surface area contributed by atoms with Crippen LogP contribution in [-0.2, 0) is 16.4 Å². The van der Waals surface area contributed by atoms with Gasteiger partial charge >= 0.3 is 5.97 Å². The van der Waals surface area contributed by atoms with Crippen molar-refractivity contribution in [3.8, 4) is 11.1 Å². The molecule has 5 nitrogen and oxygen atoms in total. The van der Waals surface area contributed by atoms with E-state index in [1.807, 2.05) is 42.5 Å². The number of benzene rings is 4. The van der Waals surface area contributed by atoms with E-state index in [4.69, 9.17) is 11.6 Å². The van der Waals surface area contributed by atoms with Crippen LogP contribution in [0, 0.1) is 0 Å². The van der Waals surface area contributed by atoms with Crippen molar-refractivity contribution in [2.45, 2.75) is 16.2 Å². The van der Waals surface area contributed by atoms with Crippen molar-refractivity contribution in [1.29, 1.82) is 0 Å². The fraction of sp³-hybridized carbons (Fsp3) is 0.0741. The number of carbonyl (C=O) groups is 1. The summed E-state index contributed by atoms with van der Waals surface area (Å²) in [6.07, 6.45) is 0.842. The smallest absolute Gasteiger partial charge is 0.337 e. The van der Waals surface area contributed by atoms with Gasteiger partial charge in [0.05, 0.1) is 16.1 Å². The molecule has 0 heterocycles. The molecule has 0 aliphatic carbocycles. The first-order valence-corrected chi connectivity index (χ1v) is 13.6. The molecule has 8 heteroatoms. The second-order valence-electron chi connectivity index (χ2n) is 7.73. The van der Waals surface area contributed by atoms with Gasteiger partial charge in [0, 0.05) is 15.7 Å². The predicted octanol–water partition coefficient (Wildman–Crippen LogP) is 6.84. The molecule has 0 aliphatic heterocycles. The van der Waals surface area contributed by atoms with Crippen LogP contribution in [0.15, 0.2) is 107 Å². The van der Waals surface area contributed by atoms with Crippen LogP contribution in [0.2, 0.25) is 5.02 Å². The van der Waals surface area contributed by atoms with Gasteiger partial charge in [0.15, 0.2) is 0 Å². The molecule has 0 unspecified atom stereocenters. The number of hydrogen-bond acceptors (Lipinski definition) is 4. The van der Waals surface area contributed by atoms with E-state index in [1.165, 1.54) is 41.6 Å². The third-order valence-corrected chi connectivity index (χ3v) is 7.94. The summed E-state index contributed by atoms with van der Waals surface area (Å²) in [7, 11) is -3.98. The summed E-state index contributed by atoms with van der Waals surface area (Å²) in [5.41, 5.74) is 2.86. The topological polar surface area (TPSA) is 83.5 Å². The highest BCUT2D eigenvalue weighted by Gasteiger charge is 2.19. The number of sulfonamides is 1. The Morgan fingerprint density at radius 1 is 0.857 bits per heavy atom. The SMILES string of the molecule is O=C(O)c1cc(SCCc2ccccc2)ccc1NS(=O)(=O)c1ccc(-c2ccc(Cl)cc2)cc1. The standard InChI is InChI=1S/C27H22ClNO4S2/c28-22-10-6-20(7-11-22)21-8-13-24(14-9-21)35(32,33)29-26-15-12-23(18-25(26)27(30)31)34-17-16-19-4-2-1-3-5-19/h1-15,18,29H,16-17H2,(H,30,31). The number of hydrogen-bond donors (Lipinski definition) is 2. The molecule has 178 valence electrons. The van der Waals surface area contributed by atoms with Gasteiger partial charge in [-0.05, 0) is 65.6 Å². The maximum atomic E-state index is 13.0. The first-order valence-electron chi connectivity index (χ1n) is 10.7. The molecule has 0 bridgehead atoms. The highest BCUT2D eigenvalue weighted by atomic mass is 35.5. The third-order valence-electron chi connectivity index (χ3n) is 5.31. The van der Waals surface area contributed by atoms with E-state index in [0.29, 0.717) is 5.02 Å². The number of carboxylic acid groups (broad SMARTS) is 1. The zero-order valence-electron chi connectivity index (χ0n) is 18.5. The van der Waals surface area contributed by atoms with Gasteiger partial charge in [-0.1, -0.05) is 66.2 Å². The van der Waals surface area contributed by atoms with Crippen LogP contribution in [0.5, 0.6) is 0 Å². The molecule has 2 N–H and O–H groups in total. The maximum absolute atomic E-state index is 13.0. The van der Waals surface area contributed by atoms with Gasteiger partial charge in [-0.2, -0.15) is 0 Å². The van der Waals surface area contributed by atoms with Crippen molar-refractivity contribution in [2.75, 3.05) is 10.5 Å². The first kappa shape index (κ1) is 24.9. The largest absolute Gasteiger partial charge is 0.478 e. The quantitative estimate of drug-likeness (QED) is 0.235. The van der Waals surface area contributed by atoms with Crippen molar-refractivity contribution in [1.82, 2.24) is 0 Å². The molecule has 0 saturated heterocycles. The predicted molar refractivity (Wildman–Crippen MR) is 142 cm³/mol. The Morgan fingerprint density at radius 3 is 2.11 bits per heavy atom. The lowest BCUT2D eigenvalue weighted by Crippen LogP contribution is -2.15. The number of aromatic carboxylic acids is 1. The summed E-state index contributed by atoms with van der Waals surface area (Å²) >= 11 is 7.45. The minimum Gasteiger partial charge on any atom is -0.478 e. The van der Waals surface area contributed by atoms with E-state index in [-0.39, 0.29) is 16.1 Å². The van der Waals surface area contributed by atoms with Gasteiger partial charge < -0.3 is 5.11 Å². The molecule has 0 aromatic heterocycles. The second-order valence-corrected chi connectivity index (χ2v) is 11.0. The lowest BCUT2D eigenvalue weighted by molar-refractivity contribution is 0.0697. The number of anilines is 1. The van der Waals surface area contributed by atoms with E-state index in [2.05, 4.69) is 4.72 Å². The van der Waals surface area contributed by atoms with Gasteiger partial charge in [-0.15, -0.1) is 11.8 Å². The fourth-order valence-corrected chi connectivity index (χ4v) is 5.63. The summed E-state index contributed by atoms with van der Waals surface area (Å²) in [5, 5.41) is 10.3. The highest BCUT2D eigenvalue weighted by Crippen LogP contribution is 2.28. The molecular formula is C27H22ClNO4S2. The fourth-order valence-electron chi connectivity index (χ4n) is 3.48. The summed E-state index contributed by atoms with van der Waals surface area (Å²) in [6.45, 7) is 0. The van der Waals surface area contributed by atoms with Crippen LogP contribution in [-0.4, -0.2) is 25.2 Å². The molecule has 0 saturated carbocycles. The molecule has 0 amide bonds. The summed E-state index contributed by atoms with van der Waals surface area (Å²) < 4.78 is 28.3. The van der Waals surface area contributed by atoms with Crippen molar-refractivity contribution in [3.05, 3.63) is 113 Å². The molecule has 4 aromatic carbocycles. The number of thioether (sulfide) groups is 1. The molecule has 0 atom stereocenters. The molecule has 4 rings (SSSR count). The van der Waals surface area contributed by atoms with Crippen molar-refractivity contribution in [3.63, 3.8) is 0 Å². The van der Waals surface area contributed by atoms with Crippen molar-refractivity contribution in [2.24, 2.45) is 0 Å². The zero-order valence-corrected chi connectivity index (χ0v) is 20.9. The monoisotopic (exact) mass is 523 g/mol. The molecule has 0 aliphatic rings. The van der Waals surface area contributed by atoms with Crippen LogP contribution in [0.1, 0.15) is 15.9 Å². The van der Waals surface area contributed by atoms with E-state index < -0.39 is 16.0 Å². The van der Waals surface area contributed by atoms with Crippen LogP contribution >= 0.6 is 23.4 Å². The van der Waals surface area contributed by atoms with Crippen LogP contribution < -0.4 is 4.72 Å². The number of aryl methyl sites for hydroxylation is 1. The van der Waals surface area contributed by atoms with Gasteiger partial charge in [-0.3, -0.25) is 4.72 Å². The van der Waals surface area contributed by atoms with Gasteiger partial charge in [0.2, 0.25) is 0 Å². The molecule has 0 radical (unpaired) electrons. The van der Waals surface area contributed by atoms with E-state index in [9.17, 15) is 18.3 Å². The lowest BCUT2D eigenvalue weighted by atomic mass is 10.1. The van der Waals surface area contributed by atoms with Gasteiger partial charge in [0.1, 0.15) is 0 Å². The van der Waals surface area contributed by atoms with Crippen molar-refractivity contribution < 1.29 is 18.3 Å². The Labute approximate surface area is 213 Å². The van der Waals surface area contributed by atoms with Crippen LogP contribution in [0.4, 0.5) is 5.69 Å². The van der Waals surface area contributed by atoms with Gasteiger partial charge in [0.25, 0.3) is 10.0 Å². The molecule has 0 fully saturated rings. The summed E-state index contributed by atoms with van der Waals surface area (Å²) in [4.78, 5) is 12.7. The summed E-state index contributed by atoms with van der Waals surface area (Å²) in [6, 6.07) is 28.3. The van der Waals surface area contributed by atoms with E-state index in [0.717, 1.165) is 28.2 Å². The third kappa shape index (κ3) is 6.45. The number of carboxylic acids is 1. The Morgan fingerprint density at radius 2 is 1.49 bits per heavy atom. The maximum Gasteiger partial charge on any atom is 0.337 e. The Hall–Kier alpha value is -3.26. The number of nitrogens with one attached hydrogen (secondary N) is 1. The van der Waals surface area contributed by atoms with E-state index in [1.54, 1.807) is 30.3 Å². The average Bonchev–Trinajstić information content (AvgIpc) is 2.86. The van der Waals surface area contributed by atoms with Crippen LogP contribution in [0.3, 0.4) is 0 Å². The van der Waals surface area contributed by atoms with E-state index >= 15 is 0 Å². The Kier molecular flexibility index (Phi) is 7.80. The lowest BCUT2D eigenvalue weighted by Gasteiger charge is -2.13. The molecule has 4 aromatic rings. The second kappa shape index (κ2) is 11.0. The average molecular weight is 524 g/mol. The number of rotatable bonds is 9. The van der Waals surface area contributed by atoms with Crippen molar-refractivity contribution >= 4 is 45.0 Å². The Balaban J connectivity index is 1.48. The molecule has 0 spiro atoms.